The first-order valence-electron chi connectivity index (χ1n) is 6.00. The monoisotopic (exact) mass is 194 g/mol. The van der Waals surface area contributed by atoms with E-state index in [0.717, 1.165) is 0 Å². The number of fused-ring (bicyclic) bond motifs is 1. The number of hydrogen-bond acceptors (Lipinski definition) is 1. The van der Waals surface area contributed by atoms with E-state index in [0.29, 0.717) is 11.8 Å². The molecular weight excluding hydrogens is 172 g/mol. The third-order valence-corrected chi connectivity index (χ3v) is 3.98. The Balaban J connectivity index is 2.18. The van der Waals surface area contributed by atoms with Gasteiger partial charge in [0.1, 0.15) is 0 Å². The van der Waals surface area contributed by atoms with Crippen LogP contribution in [0.4, 0.5) is 0 Å². The van der Waals surface area contributed by atoms with E-state index in [9.17, 15) is 5.11 Å². The topological polar surface area (TPSA) is 20.2 Å². The summed E-state index contributed by atoms with van der Waals surface area (Å²) in [5.74, 6) is 1.19. The average Bonchev–Trinajstić information content (AvgIpc) is 2.15. The van der Waals surface area contributed by atoms with Gasteiger partial charge >= 0.3 is 0 Å². The Morgan fingerprint density at radius 3 is 2.79 bits per heavy atom. The summed E-state index contributed by atoms with van der Waals surface area (Å²) in [6, 6.07) is 0. The zero-order valence-electron chi connectivity index (χ0n) is 9.42. The van der Waals surface area contributed by atoms with Crippen molar-refractivity contribution in [3.8, 4) is 0 Å². The van der Waals surface area contributed by atoms with Gasteiger partial charge in [-0.25, -0.2) is 0 Å². The average molecular weight is 194 g/mol. The van der Waals surface area contributed by atoms with Gasteiger partial charge in [0.05, 0.1) is 5.60 Å². The van der Waals surface area contributed by atoms with Gasteiger partial charge in [-0.05, 0) is 64.2 Å². The molecule has 2 unspecified atom stereocenters. The largest absolute Gasteiger partial charge is 0.390 e. The van der Waals surface area contributed by atoms with Crippen molar-refractivity contribution < 1.29 is 5.11 Å². The summed E-state index contributed by atoms with van der Waals surface area (Å²) in [4.78, 5) is 0. The van der Waals surface area contributed by atoms with Crippen LogP contribution in [0.15, 0.2) is 11.6 Å². The van der Waals surface area contributed by atoms with Gasteiger partial charge in [0.15, 0.2) is 0 Å². The van der Waals surface area contributed by atoms with Crippen molar-refractivity contribution >= 4 is 0 Å². The molecule has 0 saturated heterocycles. The zero-order chi connectivity index (χ0) is 10.2. The molecule has 80 valence electrons. The normalized spacial score (nSPS) is 33.5. The van der Waals surface area contributed by atoms with Crippen LogP contribution in [0.25, 0.3) is 0 Å². The molecule has 0 aromatic carbocycles. The second-order valence-electron chi connectivity index (χ2n) is 5.47. The first kappa shape index (κ1) is 10.2. The van der Waals surface area contributed by atoms with E-state index in [1.165, 1.54) is 38.5 Å². The highest BCUT2D eigenvalue weighted by Gasteiger charge is 2.38. The van der Waals surface area contributed by atoms with Crippen LogP contribution >= 0.6 is 0 Å². The second-order valence-corrected chi connectivity index (χ2v) is 5.47. The van der Waals surface area contributed by atoms with E-state index in [2.05, 4.69) is 6.08 Å². The van der Waals surface area contributed by atoms with Gasteiger partial charge in [-0.3, -0.25) is 0 Å². The second kappa shape index (κ2) is 3.69. The van der Waals surface area contributed by atoms with Crippen LogP contribution in [0.2, 0.25) is 0 Å². The van der Waals surface area contributed by atoms with Gasteiger partial charge in [0.2, 0.25) is 0 Å². The van der Waals surface area contributed by atoms with Crippen LogP contribution in [0.1, 0.15) is 52.4 Å². The predicted octanol–water partition coefficient (Wildman–Crippen LogP) is 3.28. The van der Waals surface area contributed by atoms with E-state index in [4.69, 9.17) is 0 Å². The van der Waals surface area contributed by atoms with Gasteiger partial charge in [-0.15, -0.1) is 0 Å². The Morgan fingerprint density at radius 1 is 1.29 bits per heavy atom. The first-order valence-corrected chi connectivity index (χ1v) is 6.00. The smallest absolute Gasteiger partial charge is 0.0625 e. The molecule has 0 radical (unpaired) electrons. The molecule has 0 heterocycles. The van der Waals surface area contributed by atoms with Crippen molar-refractivity contribution in [2.75, 3.05) is 0 Å². The molecule has 0 aliphatic heterocycles. The molecule has 0 aromatic rings. The fourth-order valence-electron chi connectivity index (χ4n) is 3.28. The Hall–Kier alpha value is -0.300. The van der Waals surface area contributed by atoms with Crippen LogP contribution in [0.5, 0.6) is 0 Å². The van der Waals surface area contributed by atoms with Crippen LogP contribution in [0, 0.1) is 11.8 Å². The summed E-state index contributed by atoms with van der Waals surface area (Å²) < 4.78 is 0. The van der Waals surface area contributed by atoms with E-state index >= 15 is 0 Å². The molecule has 1 N–H and O–H groups in total. The van der Waals surface area contributed by atoms with E-state index in [1.807, 2.05) is 13.8 Å². The minimum Gasteiger partial charge on any atom is -0.390 e. The van der Waals surface area contributed by atoms with Crippen molar-refractivity contribution in [3.05, 3.63) is 11.6 Å². The van der Waals surface area contributed by atoms with Gasteiger partial charge < -0.3 is 5.11 Å². The van der Waals surface area contributed by atoms with E-state index < -0.39 is 5.60 Å². The van der Waals surface area contributed by atoms with E-state index in [-0.39, 0.29) is 0 Å². The molecule has 1 saturated carbocycles. The third kappa shape index (κ3) is 1.88. The van der Waals surface area contributed by atoms with Crippen molar-refractivity contribution in [3.63, 3.8) is 0 Å². The van der Waals surface area contributed by atoms with Crippen molar-refractivity contribution in [2.24, 2.45) is 11.8 Å². The Labute approximate surface area is 87.2 Å². The van der Waals surface area contributed by atoms with E-state index in [1.54, 1.807) is 5.57 Å². The molecule has 0 aromatic heterocycles. The Kier molecular flexibility index (Phi) is 2.70. The molecule has 1 heteroatoms. The summed E-state index contributed by atoms with van der Waals surface area (Å²) in [5, 5.41) is 10.2. The lowest BCUT2D eigenvalue weighted by atomic mass is 9.65. The molecule has 0 amide bonds. The number of aliphatic hydroxyl groups is 1. The lowest BCUT2D eigenvalue weighted by molar-refractivity contribution is -0.0180. The molecule has 0 bridgehead atoms. The molecule has 1 nitrogen and oxygen atoms in total. The summed E-state index contributed by atoms with van der Waals surface area (Å²) in [6.07, 6.45) is 10.1. The Bertz CT molecular complexity index is 234. The molecule has 2 aliphatic rings. The molecule has 14 heavy (non-hydrogen) atoms. The van der Waals surface area contributed by atoms with Gasteiger partial charge in [-0.1, -0.05) is 11.6 Å². The van der Waals surface area contributed by atoms with Crippen LogP contribution in [-0.4, -0.2) is 10.7 Å². The molecule has 2 aliphatic carbocycles. The Morgan fingerprint density at radius 2 is 2.07 bits per heavy atom. The molecular formula is C13H22O. The molecule has 2 atom stereocenters. The SMILES string of the molecule is CC(C)(O)C1CCCC2=CCCCC21. The van der Waals surface area contributed by atoms with Gasteiger partial charge in [0.25, 0.3) is 0 Å². The highest BCUT2D eigenvalue weighted by molar-refractivity contribution is 5.15. The number of hydrogen-bond donors (Lipinski definition) is 1. The lowest BCUT2D eigenvalue weighted by Gasteiger charge is -2.42. The van der Waals surface area contributed by atoms with Crippen molar-refractivity contribution in [1.82, 2.24) is 0 Å². The standard InChI is InChI=1S/C13H22O/c1-13(2,14)12-9-5-7-10-6-3-4-8-11(10)12/h6,11-12,14H,3-5,7-9H2,1-2H3. The molecule has 2 rings (SSSR count). The molecule has 0 spiro atoms. The fraction of sp³-hybridized carbons (Fsp3) is 0.846. The quantitative estimate of drug-likeness (QED) is 0.635. The fourth-order valence-corrected chi connectivity index (χ4v) is 3.28. The summed E-state index contributed by atoms with van der Waals surface area (Å²) in [7, 11) is 0. The van der Waals surface area contributed by atoms with Crippen LogP contribution < -0.4 is 0 Å². The van der Waals surface area contributed by atoms with Crippen LogP contribution in [0.3, 0.4) is 0 Å². The third-order valence-electron chi connectivity index (χ3n) is 3.98. The highest BCUT2D eigenvalue weighted by atomic mass is 16.3. The van der Waals surface area contributed by atoms with Crippen molar-refractivity contribution in [2.45, 2.75) is 58.0 Å². The maximum absolute atomic E-state index is 10.2. The maximum Gasteiger partial charge on any atom is 0.0625 e. The minimum atomic E-state index is -0.485. The lowest BCUT2D eigenvalue weighted by Crippen LogP contribution is -2.39. The van der Waals surface area contributed by atoms with Crippen LogP contribution in [-0.2, 0) is 0 Å². The first-order chi connectivity index (χ1) is 6.59. The minimum absolute atomic E-state index is 0.485. The zero-order valence-corrected chi connectivity index (χ0v) is 9.42. The number of rotatable bonds is 1. The summed E-state index contributed by atoms with van der Waals surface area (Å²) >= 11 is 0. The number of allylic oxidation sites excluding steroid dienone is 2. The maximum atomic E-state index is 10.2. The predicted molar refractivity (Wildman–Crippen MR) is 59.1 cm³/mol. The highest BCUT2D eigenvalue weighted by Crippen LogP contribution is 2.44. The molecule has 1 fully saturated rings. The summed E-state index contributed by atoms with van der Waals surface area (Å²) in [6.45, 7) is 3.96. The van der Waals surface area contributed by atoms with Crippen molar-refractivity contribution in [1.29, 1.82) is 0 Å². The van der Waals surface area contributed by atoms with Gasteiger partial charge in [-0.2, -0.15) is 0 Å². The van der Waals surface area contributed by atoms with Gasteiger partial charge in [0, 0.05) is 0 Å². The summed E-state index contributed by atoms with van der Waals surface area (Å²) in [5.41, 5.74) is 1.16.